The van der Waals surface area contributed by atoms with E-state index in [2.05, 4.69) is 10.5 Å². The number of hydrogen-bond donors (Lipinski definition) is 2. The number of thiophene rings is 1. The van der Waals surface area contributed by atoms with Gasteiger partial charge in [-0.3, -0.25) is 4.79 Å². The van der Waals surface area contributed by atoms with E-state index >= 15 is 0 Å². The highest BCUT2D eigenvalue weighted by Gasteiger charge is 2.15. The number of anilines is 1. The zero-order chi connectivity index (χ0) is 16.9. The van der Waals surface area contributed by atoms with E-state index in [4.69, 9.17) is 4.52 Å². The maximum absolute atomic E-state index is 13.1. The van der Waals surface area contributed by atoms with Crippen molar-refractivity contribution in [3.63, 3.8) is 0 Å². The number of rotatable bonds is 6. The Labute approximate surface area is 142 Å². The first-order valence-corrected chi connectivity index (χ1v) is 8.34. The maximum Gasteiger partial charge on any atom is 0.279 e. The fraction of sp³-hybridized carbons (Fsp3) is 0.176. The Balaban J connectivity index is 1.53. The van der Waals surface area contributed by atoms with Gasteiger partial charge in [-0.2, -0.15) is 0 Å². The lowest BCUT2D eigenvalue weighted by molar-refractivity contribution is -0.885. The number of hydrogen-bond acceptors (Lipinski definition) is 4. The number of carbonyl (C=O) groups is 1. The second-order valence-electron chi connectivity index (χ2n) is 5.53. The van der Waals surface area contributed by atoms with Gasteiger partial charge in [0.2, 0.25) is 0 Å². The van der Waals surface area contributed by atoms with Gasteiger partial charge in [0.1, 0.15) is 18.1 Å². The van der Waals surface area contributed by atoms with E-state index in [1.807, 2.05) is 30.6 Å². The zero-order valence-electron chi connectivity index (χ0n) is 13.1. The van der Waals surface area contributed by atoms with Crippen LogP contribution in [0.15, 0.2) is 52.4 Å². The molecule has 2 N–H and O–H groups in total. The molecular formula is C17H17FN3O2S+. The Kier molecular flexibility index (Phi) is 5.02. The topological polar surface area (TPSA) is 59.6 Å². The third-order valence-corrected chi connectivity index (χ3v) is 4.26. The normalized spacial score (nSPS) is 12.1. The summed E-state index contributed by atoms with van der Waals surface area (Å²) in [6.07, 6.45) is 0. The first kappa shape index (κ1) is 16.4. The van der Waals surface area contributed by atoms with Gasteiger partial charge in [0.15, 0.2) is 12.3 Å². The molecule has 24 heavy (non-hydrogen) atoms. The minimum atomic E-state index is -0.378. The molecule has 2 aromatic heterocycles. The lowest BCUT2D eigenvalue weighted by Crippen LogP contribution is -3.08. The second-order valence-corrected chi connectivity index (χ2v) is 6.48. The van der Waals surface area contributed by atoms with Gasteiger partial charge in [-0.05, 0) is 29.6 Å². The van der Waals surface area contributed by atoms with Crippen LogP contribution in [0.5, 0.6) is 0 Å². The van der Waals surface area contributed by atoms with Gasteiger partial charge in [0.25, 0.3) is 5.91 Å². The zero-order valence-corrected chi connectivity index (χ0v) is 13.9. The predicted octanol–water partition coefficient (Wildman–Crippen LogP) is 2.20. The molecule has 5 nitrogen and oxygen atoms in total. The minimum absolute atomic E-state index is 0.180. The van der Waals surface area contributed by atoms with E-state index in [0.717, 1.165) is 21.2 Å². The van der Waals surface area contributed by atoms with Crippen molar-refractivity contribution in [1.82, 2.24) is 5.16 Å². The third-order valence-electron chi connectivity index (χ3n) is 3.38. The predicted molar refractivity (Wildman–Crippen MR) is 90.3 cm³/mol. The van der Waals surface area contributed by atoms with E-state index in [1.54, 1.807) is 23.5 Å². The summed E-state index contributed by atoms with van der Waals surface area (Å²) in [4.78, 5) is 14.0. The molecule has 1 amide bonds. The summed E-state index contributed by atoms with van der Waals surface area (Å²) in [5.74, 6) is 0.175. The number of quaternary nitrogens is 1. The molecule has 0 aliphatic carbocycles. The first-order valence-electron chi connectivity index (χ1n) is 7.46. The summed E-state index contributed by atoms with van der Waals surface area (Å²) >= 11 is 1.59. The number of benzene rings is 1. The Morgan fingerprint density at radius 2 is 2.21 bits per heavy atom. The smallest absolute Gasteiger partial charge is 0.279 e. The summed E-state index contributed by atoms with van der Waals surface area (Å²) in [5.41, 5.74) is 1.24. The summed E-state index contributed by atoms with van der Waals surface area (Å²) in [6.45, 7) is 0.809. The Morgan fingerprint density at radius 1 is 1.33 bits per heavy atom. The van der Waals surface area contributed by atoms with E-state index in [9.17, 15) is 9.18 Å². The van der Waals surface area contributed by atoms with Crippen molar-refractivity contribution in [1.29, 1.82) is 0 Å². The molecule has 3 aromatic rings. The van der Waals surface area contributed by atoms with Crippen molar-refractivity contribution in [2.75, 3.05) is 18.9 Å². The second kappa shape index (κ2) is 7.37. The average molecular weight is 346 g/mol. The van der Waals surface area contributed by atoms with E-state index in [-0.39, 0.29) is 18.3 Å². The third kappa shape index (κ3) is 4.27. The standard InChI is InChI=1S/C17H16FN3O2S/c1-21(11-17(22)19-13-5-2-4-12(18)8-13)10-14-9-15(23-20-14)16-6-3-7-24-16/h2-9H,10-11H2,1H3,(H,19,22)/p+1. The highest BCUT2D eigenvalue weighted by Crippen LogP contribution is 2.24. The monoisotopic (exact) mass is 346 g/mol. The molecule has 0 bridgehead atoms. The Morgan fingerprint density at radius 3 is 2.96 bits per heavy atom. The average Bonchev–Trinajstić information content (AvgIpc) is 3.17. The molecule has 0 aliphatic rings. The molecule has 2 heterocycles. The van der Waals surface area contributed by atoms with Crippen LogP contribution in [0.3, 0.4) is 0 Å². The number of nitrogens with one attached hydrogen (secondary N) is 2. The van der Waals surface area contributed by atoms with Crippen molar-refractivity contribution in [2.24, 2.45) is 0 Å². The summed E-state index contributed by atoms with van der Waals surface area (Å²) < 4.78 is 18.4. The minimum Gasteiger partial charge on any atom is -0.355 e. The van der Waals surface area contributed by atoms with Gasteiger partial charge in [-0.25, -0.2) is 4.39 Å². The van der Waals surface area contributed by atoms with Crippen molar-refractivity contribution < 1.29 is 18.6 Å². The van der Waals surface area contributed by atoms with Crippen LogP contribution in [-0.2, 0) is 11.3 Å². The number of halogens is 1. The van der Waals surface area contributed by atoms with Crippen LogP contribution in [0.1, 0.15) is 5.69 Å². The van der Waals surface area contributed by atoms with Crippen LogP contribution in [0.25, 0.3) is 10.6 Å². The van der Waals surface area contributed by atoms with Crippen molar-refractivity contribution in [3.8, 4) is 10.6 Å². The summed E-state index contributed by atoms with van der Waals surface area (Å²) in [5, 5.41) is 8.71. The number of likely N-dealkylation sites (N-methyl/N-ethyl adjacent to an activating group) is 1. The van der Waals surface area contributed by atoms with Crippen LogP contribution in [0.4, 0.5) is 10.1 Å². The largest absolute Gasteiger partial charge is 0.355 e. The molecule has 3 rings (SSSR count). The van der Waals surface area contributed by atoms with Gasteiger partial charge in [0.05, 0.1) is 11.9 Å². The van der Waals surface area contributed by atoms with Gasteiger partial charge in [-0.1, -0.05) is 17.3 Å². The highest BCUT2D eigenvalue weighted by molar-refractivity contribution is 7.13. The molecule has 7 heteroatoms. The molecule has 1 atom stereocenters. The van der Waals surface area contributed by atoms with Gasteiger partial charge < -0.3 is 14.7 Å². The fourth-order valence-electron chi connectivity index (χ4n) is 2.35. The van der Waals surface area contributed by atoms with Crippen LogP contribution >= 0.6 is 11.3 Å². The molecule has 0 aliphatic heterocycles. The first-order chi connectivity index (χ1) is 11.6. The number of nitrogens with zero attached hydrogens (tertiary/aromatic N) is 1. The molecule has 1 aromatic carbocycles. The van der Waals surface area contributed by atoms with Crippen LogP contribution in [0.2, 0.25) is 0 Å². The quantitative estimate of drug-likeness (QED) is 0.719. The van der Waals surface area contributed by atoms with Gasteiger partial charge >= 0.3 is 0 Å². The Bertz CT molecular complexity index is 817. The van der Waals surface area contributed by atoms with Gasteiger partial charge in [-0.15, -0.1) is 11.3 Å². The lowest BCUT2D eigenvalue weighted by Gasteiger charge is -2.12. The lowest BCUT2D eigenvalue weighted by atomic mass is 10.3. The van der Waals surface area contributed by atoms with Crippen molar-refractivity contribution in [2.45, 2.75) is 6.54 Å². The maximum atomic E-state index is 13.1. The van der Waals surface area contributed by atoms with E-state index < -0.39 is 0 Å². The van der Waals surface area contributed by atoms with Crippen molar-refractivity contribution in [3.05, 3.63) is 59.4 Å². The van der Waals surface area contributed by atoms with Crippen molar-refractivity contribution >= 4 is 22.9 Å². The molecule has 124 valence electrons. The Hall–Kier alpha value is -2.51. The number of carbonyl (C=O) groups excluding carboxylic acids is 1. The molecular weight excluding hydrogens is 329 g/mol. The van der Waals surface area contributed by atoms with E-state index in [0.29, 0.717) is 12.2 Å². The van der Waals surface area contributed by atoms with Crippen LogP contribution < -0.4 is 10.2 Å². The van der Waals surface area contributed by atoms with Gasteiger partial charge in [0, 0.05) is 11.8 Å². The molecule has 0 radical (unpaired) electrons. The number of aromatic nitrogens is 1. The van der Waals surface area contributed by atoms with Crippen LogP contribution in [0, 0.1) is 5.82 Å². The molecule has 0 spiro atoms. The summed E-state index contributed by atoms with van der Waals surface area (Å²) in [6, 6.07) is 11.7. The SMILES string of the molecule is C[NH+](CC(=O)Nc1cccc(F)c1)Cc1cc(-c2cccs2)on1. The van der Waals surface area contributed by atoms with E-state index in [1.165, 1.54) is 12.1 Å². The number of amides is 1. The molecule has 0 saturated heterocycles. The highest BCUT2D eigenvalue weighted by atomic mass is 32.1. The molecule has 1 unspecified atom stereocenters. The summed E-state index contributed by atoms with van der Waals surface area (Å²) in [7, 11) is 1.89. The molecule has 0 saturated carbocycles. The van der Waals surface area contributed by atoms with Crippen LogP contribution in [-0.4, -0.2) is 24.7 Å². The fourth-order valence-corrected chi connectivity index (χ4v) is 3.02. The molecule has 0 fully saturated rings.